The number of rotatable bonds is 5. The zero-order chi connectivity index (χ0) is 19.8. The molecule has 2 aromatic carbocycles. The number of hydrogen-bond donors (Lipinski definition) is 2. The van der Waals surface area contributed by atoms with E-state index in [2.05, 4.69) is 15.6 Å². The molecule has 28 heavy (non-hydrogen) atoms. The van der Waals surface area contributed by atoms with Crippen molar-refractivity contribution in [3.63, 3.8) is 0 Å². The van der Waals surface area contributed by atoms with Crippen LogP contribution in [-0.2, 0) is 9.59 Å². The minimum absolute atomic E-state index is 0.182. The maximum absolute atomic E-state index is 12.6. The summed E-state index contributed by atoms with van der Waals surface area (Å²) in [4.78, 5) is 39.8. The highest BCUT2D eigenvalue weighted by Gasteiger charge is 2.43. The van der Waals surface area contributed by atoms with Crippen molar-refractivity contribution in [2.24, 2.45) is 11.8 Å². The van der Waals surface area contributed by atoms with E-state index in [0.717, 1.165) is 16.5 Å². The normalized spacial score (nSPS) is 17.9. The lowest BCUT2D eigenvalue weighted by Crippen LogP contribution is -2.14. The van der Waals surface area contributed by atoms with E-state index in [9.17, 15) is 14.4 Å². The van der Waals surface area contributed by atoms with E-state index in [1.807, 2.05) is 19.1 Å². The van der Waals surface area contributed by atoms with Crippen molar-refractivity contribution in [2.45, 2.75) is 13.3 Å². The van der Waals surface area contributed by atoms with E-state index < -0.39 is 0 Å². The third kappa shape index (κ3) is 3.63. The number of thiazole rings is 1. The van der Waals surface area contributed by atoms with Crippen LogP contribution in [0.1, 0.15) is 22.3 Å². The third-order valence-corrected chi connectivity index (χ3v) is 5.94. The molecule has 4 rings (SSSR count). The van der Waals surface area contributed by atoms with Gasteiger partial charge < -0.3 is 15.4 Å². The van der Waals surface area contributed by atoms with E-state index in [4.69, 9.17) is 11.6 Å². The van der Waals surface area contributed by atoms with E-state index in [1.54, 1.807) is 24.3 Å². The lowest BCUT2D eigenvalue weighted by Gasteiger charge is -2.10. The largest absolute Gasteiger partial charge is 0.320 e. The number of fused-ring (bicyclic) bond motifs is 1. The fourth-order valence-electron chi connectivity index (χ4n) is 2.96. The molecule has 0 radical (unpaired) electrons. The van der Waals surface area contributed by atoms with Gasteiger partial charge in [-0.2, -0.15) is 0 Å². The van der Waals surface area contributed by atoms with Crippen LogP contribution in [0.3, 0.4) is 0 Å². The van der Waals surface area contributed by atoms with Gasteiger partial charge in [-0.05, 0) is 43.2 Å². The standard InChI is InChI=1S/C20H16ClN3O3S/c1-10-3-2-4-14(21)17(10)23-18(26)11-5-6-15-16(8-11)28-20(22-15)24-19(27)13-7-12(13)9-25/h2-6,8-9,12-13H,7H2,1H3,(H,23,26)(H,22,24,27). The van der Waals surface area contributed by atoms with Crippen molar-refractivity contribution >= 4 is 62.1 Å². The lowest BCUT2D eigenvalue weighted by atomic mass is 10.1. The van der Waals surface area contributed by atoms with E-state index in [-0.39, 0.29) is 23.7 Å². The van der Waals surface area contributed by atoms with Crippen LogP contribution < -0.4 is 10.6 Å². The molecule has 1 saturated carbocycles. The molecule has 1 aliphatic carbocycles. The highest BCUT2D eigenvalue weighted by atomic mass is 35.5. The second kappa shape index (κ2) is 7.33. The number of para-hydroxylation sites is 1. The van der Waals surface area contributed by atoms with Gasteiger partial charge in [0.15, 0.2) is 5.13 Å². The molecular formula is C20H16ClN3O3S. The predicted molar refractivity (Wildman–Crippen MR) is 110 cm³/mol. The molecule has 3 aromatic rings. The van der Waals surface area contributed by atoms with Crippen LogP contribution >= 0.6 is 22.9 Å². The van der Waals surface area contributed by atoms with Crippen molar-refractivity contribution < 1.29 is 14.4 Å². The van der Waals surface area contributed by atoms with Crippen molar-refractivity contribution in [3.05, 3.63) is 52.5 Å². The number of hydrogen-bond acceptors (Lipinski definition) is 5. The Labute approximate surface area is 169 Å². The first-order valence-electron chi connectivity index (χ1n) is 8.69. The number of nitrogens with zero attached hydrogens (tertiary/aromatic N) is 1. The van der Waals surface area contributed by atoms with E-state index >= 15 is 0 Å². The van der Waals surface area contributed by atoms with Crippen molar-refractivity contribution in [1.29, 1.82) is 0 Å². The number of aromatic nitrogens is 1. The summed E-state index contributed by atoms with van der Waals surface area (Å²) in [6.07, 6.45) is 1.40. The molecule has 1 fully saturated rings. The number of aryl methyl sites for hydroxylation is 1. The predicted octanol–water partition coefficient (Wildman–Crippen LogP) is 4.28. The van der Waals surface area contributed by atoms with Crippen LogP contribution in [0.25, 0.3) is 10.2 Å². The van der Waals surface area contributed by atoms with Crippen LogP contribution in [0.4, 0.5) is 10.8 Å². The first kappa shape index (κ1) is 18.6. The monoisotopic (exact) mass is 413 g/mol. The van der Waals surface area contributed by atoms with Gasteiger partial charge in [-0.15, -0.1) is 0 Å². The fourth-order valence-corrected chi connectivity index (χ4v) is 4.14. The van der Waals surface area contributed by atoms with Gasteiger partial charge in [0.25, 0.3) is 5.91 Å². The number of anilines is 2. The van der Waals surface area contributed by atoms with Gasteiger partial charge in [0.1, 0.15) is 6.29 Å². The summed E-state index contributed by atoms with van der Waals surface area (Å²) >= 11 is 7.46. The molecule has 2 amide bonds. The van der Waals surface area contributed by atoms with Gasteiger partial charge in [0.2, 0.25) is 5.91 Å². The molecule has 0 bridgehead atoms. The zero-order valence-electron chi connectivity index (χ0n) is 14.9. The number of carbonyl (C=O) groups is 3. The average molecular weight is 414 g/mol. The second-order valence-electron chi connectivity index (χ2n) is 6.72. The first-order chi connectivity index (χ1) is 13.5. The second-order valence-corrected chi connectivity index (χ2v) is 8.16. The molecule has 0 spiro atoms. The topological polar surface area (TPSA) is 88.2 Å². The Bertz CT molecular complexity index is 1090. The molecule has 2 N–H and O–H groups in total. The summed E-state index contributed by atoms with van der Waals surface area (Å²) in [7, 11) is 0. The van der Waals surface area contributed by atoms with Crippen molar-refractivity contribution in [3.8, 4) is 0 Å². The molecule has 8 heteroatoms. The number of amides is 2. The molecule has 6 nitrogen and oxygen atoms in total. The number of nitrogens with one attached hydrogen (secondary N) is 2. The number of halogens is 1. The smallest absolute Gasteiger partial charge is 0.255 e. The molecule has 142 valence electrons. The number of benzene rings is 2. The molecule has 0 saturated heterocycles. The Balaban J connectivity index is 1.52. The van der Waals surface area contributed by atoms with E-state index in [0.29, 0.717) is 33.3 Å². The van der Waals surface area contributed by atoms with Crippen LogP contribution in [0.2, 0.25) is 5.02 Å². The average Bonchev–Trinajstić information content (AvgIpc) is 3.36. The molecule has 1 heterocycles. The Morgan fingerprint density at radius 3 is 2.79 bits per heavy atom. The van der Waals surface area contributed by atoms with Crippen LogP contribution in [0.5, 0.6) is 0 Å². The fraction of sp³-hybridized carbons (Fsp3) is 0.200. The van der Waals surface area contributed by atoms with Gasteiger partial charge in [0, 0.05) is 17.4 Å². The van der Waals surface area contributed by atoms with Gasteiger partial charge >= 0.3 is 0 Å². The minimum Gasteiger partial charge on any atom is -0.320 e. The molecular weight excluding hydrogens is 398 g/mol. The molecule has 2 atom stereocenters. The van der Waals surface area contributed by atoms with E-state index in [1.165, 1.54) is 11.3 Å². The van der Waals surface area contributed by atoms with Gasteiger partial charge in [-0.3, -0.25) is 9.59 Å². The summed E-state index contributed by atoms with van der Waals surface area (Å²) in [6, 6.07) is 10.6. The first-order valence-corrected chi connectivity index (χ1v) is 9.89. The molecule has 1 aromatic heterocycles. The Hall–Kier alpha value is -2.77. The summed E-state index contributed by atoms with van der Waals surface area (Å²) in [5.41, 5.74) is 2.61. The maximum Gasteiger partial charge on any atom is 0.255 e. The molecule has 0 aliphatic heterocycles. The van der Waals surface area contributed by atoms with Crippen LogP contribution in [0, 0.1) is 18.8 Å². The zero-order valence-corrected chi connectivity index (χ0v) is 16.4. The Kier molecular flexibility index (Phi) is 4.87. The lowest BCUT2D eigenvalue weighted by molar-refractivity contribution is -0.119. The maximum atomic E-state index is 12.6. The van der Waals surface area contributed by atoms with Crippen LogP contribution in [-0.4, -0.2) is 23.1 Å². The summed E-state index contributed by atoms with van der Waals surface area (Å²) in [5.74, 6) is -0.908. The number of carbonyl (C=O) groups excluding carboxylic acids is 3. The molecule has 1 aliphatic rings. The SMILES string of the molecule is Cc1cccc(Cl)c1NC(=O)c1ccc2nc(NC(=O)C3CC3C=O)sc2c1. The Morgan fingerprint density at radius 1 is 1.25 bits per heavy atom. The highest BCUT2D eigenvalue weighted by Crippen LogP contribution is 2.38. The Morgan fingerprint density at radius 2 is 2.07 bits per heavy atom. The quantitative estimate of drug-likeness (QED) is 0.611. The van der Waals surface area contributed by atoms with Gasteiger partial charge in [0.05, 0.1) is 20.9 Å². The summed E-state index contributed by atoms with van der Waals surface area (Å²) in [6.45, 7) is 1.87. The highest BCUT2D eigenvalue weighted by molar-refractivity contribution is 7.22. The number of aldehydes is 1. The summed E-state index contributed by atoms with van der Waals surface area (Å²) < 4.78 is 0.779. The van der Waals surface area contributed by atoms with Crippen LogP contribution in [0.15, 0.2) is 36.4 Å². The van der Waals surface area contributed by atoms with Gasteiger partial charge in [-0.1, -0.05) is 35.1 Å². The summed E-state index contributed by atoms with van der Waals surface area (Å²) in [5, 5.41) is 6.53. The van der Waals surface area contributed by atoms with Crippen molar-refractivity contribution in [1.82, 2.24) is 4.98 Å². The third-order valence-electron chi connectivity index (χ3n) is 4.69. The van der Waals surface area contributed by atoms with Gasteiger partial charge in [-0.25, -0.2) is 4.98 Å². The minimum atomic E-state index is -0.274. The molecule has 2 unspecified atom stereocenters. The van der Waals surface area contributed by atoms with Crippen molar-refractivity contribution in [2.75, 3.05) is 10.6 Å².